The van der Waals surface area contributed by atoms with Crippen molar-refractivity contribution in [2.45, 2.75) is 44.7 Å². The van der Waals surface area contributed by atoms with Crippen molar-refractivity contribution in [3.05, 3.63) is 12.7 Å². The Morgan fingerprint density at radius 3 is 2.93 bits per heavy atom. The molecule has 1 fully saturated rings. The van der Waals surface area contributed by atoms with Gasteiger partial charge in [0.1, 0.15) is 6.10 Å². The van der Waals surface area contributed by atoms with Gasteiger partial charge in [0.15, 0.2) is 11.6 Å². The van der Waals surface area contributed by atoms with Crippen LogP contribution in [0.2, 0.25) is 0 Å². The maximum absolute atomic E-state index is 11.1. The standard InChI is InChI=1S/C11H18O4/c1-4-9(12)10(13)6-8-7-14-11(3,5-2)15-8/h4,8,10,13H,1,5-7H2,2-3H3. The van der Waals surface area contributed by atoms with Crippen LogP contribution in [-0.4, -0.2) is 35.5 Å². The van der Waals surface area contributed by atoms with Crippen LogP contribution in [-0.2, 0) is 14.3 Å². The molecule has 1 heterocycles. The van der Waals surface area contributed by atoms with Gasteiger partial charge >= 0.3 is 0 Å². The lowest BCUT2D eigenvalue weighted by molar-refractivity contribution is -0.158. The first-order valence-corrected chi connectivity index (χ1v) is 5.17. The Labute approximate surface area is 89.9 Å². The van der Waals surface area contributed by atoms with Gasteiger partial charge in [0.05, 0.1) is 12.7 Å². The van der Waals surface area contributed by atoms with Crippen LogP contribution < -0.4 is 0 Å². The van der Waals surface area contributed by atoms with Gasteiger partial charge in [-0.05, 0) is 19.4 Å². The lowest BCUT2D eigenvalue weighted by Crippen LogP contribution is -2.29. The minimum absolute atomic E-state index is 0.214. The number of carbonyl (C=O) groups is 1. The Bertz CT molecular complexity index is 251. The molecule has 0 amide bonds. The molecule has 1 aliphatic heterocycles. The fourth-order valence-electron chi connectivity index (χ4n) is 1.49. The predicted molar refractivity (Wildman–Crippen MR) is 55.3 cm³/mol. The van der Waals surface area contributed by atoms with E-state index in [0.29, 0.717) is 6.61 Å². The molecule has 0 aromatic carbocycles. The number of aliphatic hydroxyl groups is 1. The largest absolute Gasteiger partial charge is 0.385 e. The maximum Gasteiger partial charge on any atom is 0.183 e. The summed E-state index contributed by atoms with van der Waals surface area (Å²) in [5.41, 5.74) is 0. The van der Waals surface area contributed by atoms with Crippen molar-refractivity contribution in [1.29, 1.82) is 0 Å². The van der Waals surface area contributed by atoms with Gasteiger partial charge < -0.3 is 14.6 Å². The molecule has 0 bridgehead atoms. The van der Waals surface area contributed by atoms with Gasteiger partial charge in [-0.15, -0.1) is 0 Å². The third kappa shape index (κ3) is 3.12. The summed E-state index contributed by atoms with van der Waals surface area (Å²) in [5.74, 6) is -0.939. The first-order chi connectivity index (χ1) is 7.00. The zero-order valence-corrected chi connectivity index (χ0v) is 9.23. The van der Waals surface area contributed by atoms with Crippen LogP contribution in [0.1, 0.15) is 26.7 Å². The molecule has 0 saturated carbocycles. The molecule has 1 N–H and O–H groups in total. The molecular formula is C11H18O4. The van der Waals surface area contributed by atoms with Crippen molar-refractivity contribution in [3.63, 3.8) is 0 Å². The molecule has 86 valence electrons. The molecule has 4 heteroatoms. The summed E-state index contributed by atoms with van der Waals surface area (Å²) < 4.78 is 11.0. The van der Waals surface area contributed by atoms with E-state index < -0.39 is 11.9 Å². The van der Waals surface area contributed by atoms with Crippen molar-refractivity contribution in [2.24, 2.45) is 0 Å². The van der Waals surface area contributed by atoms with Gasteiger partial charge in [-0.25, -0.2) is 0 Å². The number of carbonyl (C=O) groups excluding carboxylic acids is 1. The van der Waals surface area contributed by atoms with Gasteiger partial charge in [-0.2, -0.15) is 0 Å². The average molecular weight is 214 g/mol. The zero-order chi connectivity index (χ0) is 11.5. The second-order valence-corrected chi connectivity index (χ2v) is 3.90. The highest BCUT2D eigenvalue weighted by molar-refractivity contribution is 5.92. The van der Waals surface area contributed by atoms with Gasteiger partial charge in [0.25, 0.3) is 0 Å². The number of rotatable bonds is 5. The van der Waals surface area contributed by atoms with E-state index in [2.05, 4.69) is 6.58 Å². The Balaban J connectivity index is 2.42. The molecule has 0 aromatic rings. The summed E-state index contributed by atoms with van der Waals surface area (Å²) in [4.78, 5) is 11.1. The van der Waals surface area contributed by atoms with Crippen molar-refractivity contribution in [2.75, 3.05) is 6.61 Å². The SMILES string of the molecule is C=CC(=O)C(O)CC1COC(C)(CC)O1. The first kappa shape index (κ1) is 12.4. The highest BCUT2D eigenvalue weighted by Gasteiger charge is 2.36. The Morgan fingerprint density at radius 2 is 2.47 bits per heavy atom. The summed E-state index contributed by atoms with van der Waals surface area (Å²) >= 11 is 0. The summed E-state index contributed by atoms with van der Waals surface area (Å²) in [6.45, 7) is 7.56. The van der Waals surface area contributed by atoms with E-state index in [4.69, 9.17) is 9.47 Å². The summed E-state index contributed by atoms with van der Waals surface area (Å²) in [6.07, 6.45) is 0.888. The van der Waals surface area contributed by atoms with Crippen LogP contribution in [0.4, 0.5) is 0 Å². The van der Waals surface area contributed by atoms with E-state index in [-0.39, 0.29) is 18.3 Å². The summed E-state index contributed by atoms with van der Waals surface area (Å²) in [6, 6.07) is 0. The first-order valence-electron chi connectivity index (χ1n) is 5.17. The lowest BCUT2D eigenvalue weighted by atomic mass is 10.1. The molecule has 0 aromatic heterocycles. The Hall–Kier alpha value is -0.710. The zero-order valence-electron chi connectivity index (χ0n) is 9.23. The van der Waals surface area contributed by atoms with E-state index in [9.17, 15) is 9.90 Å². The smallest absolute Gasteiger partial charge is 0.183 e. The van der Waals surface area contributed by atoms with Crippen LogP contribution in [0.25, 0.3) is 0 Å². The van der Waals surface area contributed by atoms with Crippen molar-refractivity contribution >= 4 is 5.78 Å². The third-order valence-electron chi connectivity index (χ3n) is 2.65. The molecule has 0 radical (unpaired) electrons. The Morgan fingerprint density at radius 1 is 1.80 bits per heavy atom. The maximum atomic E-state index is 11.1. The fourth-order valence-corrected chi connectivity index (χ4v) is 1.49. The molecule has 0 spiro atoms. The third-order valence-corrected chi connectivity index (χ3v) is 2.65. The molecule has 1 rings (SSSR count). The number of aliphatic hydroxyl groups excluding tert-OH is 1. The molecular weight excluding hydrogens is 196 g/mol. The molecule has 4 nitrogen and oxygen atoms in total. The van der Waals surface area contributed by atoms with E-state index in [1.54, 1.807) is 0 Å². The lowest BCUT2D eigenvalue weighted by Gasteiger charge is -2.21. The highest BCUT2D eigenvalue weighted by atomic mass is 16.7. The number of hydrogen-bond donors (Lipinski definition) is 1. The highest BCUT2D eigenvalue weighted by Crippen LogP contribution is 2.28. The summed E-state index contributed by atoms with van der Waals surface area (Å²) in [7, 11) is 0. The normalized spacial score (nSPS) is 32.6. The summed E-state index contributed by atoms with van der Waals surface area (Å²) in [5, 5.41) is 9.46. The Kier molecular flexibility index (Phi) is 4.02. The molecule has 15 heavy (non-hydrogen) atoms. The molecule has 1 aliphatic rings. The van der Waals surface area contributed by atoms with E-state index >= 15 is 0 Å². The van der Waals surface area contributed by atoms with Crippen LogP contribution >= 0.6 is 0 Å². The molecule has 3 atom stereocenters. The van der Waals surface area contributed by atoms with Crippen molar-refractivity contribution < 1.29 is 19.4 Å². The minimum Gasteiger partial charge on any atom is -0.385 e. The molecule has 1 saturated heterocycles. The van der Waals surface area contributed by atoms with Gasteiger partial charge in [-0.1, -0.05) is 13.5 Å². The van der Waals surface area contributed by atoms with E-state index in [0.717, 1.165) is 12.5 Å². The van der Waals surface area contributed by atoms with Crippen LogP contribution in [0.3, 0.4) is 0 Å². The van der Waals surface area contributed by atoms with Gasteiger partial charge in [0.2, 0.25) is 0 Å². The quantitative estimate of drug-likeness (QED) is 0.695. The fraction of sp³-hybridized carbons (Fsp3) is 0.727. The second-order valence-electron chi connectivity index (χ2n) is 3.90. The topological polar surface area (TPSA) is 55.8 Å². The second kappa shape index (κ2) is 4.88. The van der Waals surface area contributed by atoms with Crippen LogP contribution in [0.5, 0.6) is 0 Å². The monoisotopic (exact) mass is 214 g/mol. The van der Waals surface area contributed by atoms with E-state index in [1.807, 2.05) is 13.8 Å². The predicted octanol–water partition coefficient (Wildman–Crippen LogP) is 1.03. The number of hydrogen-bond acceptors (Lipinski definition) is 4. The van der Waals surface area contributed by atoms with Crippen LogP contribution in [0, 0.1) is 0 Å². The molecule has 3 unspecified atom stereocenters. The minimum atomic E-state index is -1.03. The van der Waals surface area contributed by atoms with Gasteiger partial charge in [-0.3, -0.25) is 4.79 Å². The van der Waals surface area contributed by atoms with Crippen LogP contribution in [0.15, 0.2) is 12.7 Å². The number of ketones is 1. The van der Waals surface area contributed by atoms with Gasteiger partial charge in [0, 0.05) is 6.42 Å². The molecule has 0 aliphatic carbocycles. The van der Waals surface area contributed by atoms with Crippen molar-refractivity contribution in [1.82, 2.24) is 0 Å². The average Bonchev–Trinajstić information content (AvgIpc) is 2.60. The van der Waals surface area contributed by atoms with E-state index in [1.165, 1.54) is 0 Å². The van der Waals surface area contributed by atoms with Crippen molar-refractivity contribution in [3.8, 4) is 0 Å². The number of ether oxygens (including phenoxy) is 2.